The van der Waals surface area contributed by atoms with Gasteiger partial charge in [-0.1, -0.05) is 6.92 Å². The van der Waals surface area contributed by atoms with Gasteiger partial charge >= 0.3 is 12.1 Å². The number of fused-ring (bicyclic) bond motifs is 1. The van der Waals surface area contributed by atoms with Gasteiger partial charge in [0.25, 0.3) is 5.91 Å². The smallest absolute Gasteiger partial charge is 0.433 e. The topological polar surface area (TPSA) is 94.8 Å². The van der Waals surface area contributed by atoms with Crippen LogP contribution in [-0.4, -0.2) is 40.7 Å². The Morgan fingerprint density at radius 1 is 1.19 bits per heavy atom. The van der Waals surface area contributed by atoms with E-state index in [0.29, 0.717) is 27.8 Å². The van der Waals surface area contributed by atoms with Gasteiger partial charge in [-0.3, -0.25) is 4.79 Å². The minimum Gasteiger partial charge on any atom is -0.497 e. The Balaban J connectivity index is 1.82. The fourth-order valence-corrected chi connectivity index (χ4v) is 5.47. The molecule has 1 N–H and O–H groups in total. The SMILES string of the molecule is CCc1c(C)sc(NC(=O)c2nn3c(C(F)(F)F)cc(-c4ccc(OC)cc4)nc3c2Br)c1C(=O)OC. The number of aromatic nitrogens is 3. The number of alkyl halides is 3. The van der Waals surface area contributed by atoms with Gasteiger partial charge in [0.15, 0.2) is 17.0 Å². The van der Waals surface area contributed by atoms with E-state index in [2.05, 4.69) is 31.3 Å². The van der Waals surface area contributed by atoms with E-state index in [0.717, 1.165) is 10.9 Å². The number of ether oxygens (including phenoxy) is 2. The summed E-state index contributed by atoms with van der Waals surface area (Å²) in [6.45, 7) is 3.66. The van der Waals surface area contributed by atoms with E-state index in [4.69, 9.17) is 9.47 Å². The first-order valence-electron chi connectivity index (χ1n) is 10.8. The number of rotatable bonds is 6. The van der Waals surface area contributed by atoms with E-state index in [-0.39, 0.29) is 32.1 Å². The van der Waals surface area contributed by atoms with Crippen LogP contribution >= 0.6 is 27.3 Å². The summed E-state index contributed by atoms with van der Waals surface area (Å²) in [6, 6.07) is 7.22. The van der Waals surface area contributed by atoms with Gasteiger partial charge in [-0.15, -0.1) is 11.3 Å². The number of hydrogen-bond donors (Lipinski definition) is 1. The van der Waals surface area contributed by atoms with Crippen LogP contribution in [0.15, 0.2) is 34.8 Å². The first kappa shape index (κ1) is 26.6. The zero-order valence-corrected chi connectivity index (χ0v) is 22.4. The minimum absolute atomic E-state index is 0.0319. The van der Waals surface area contributed by atoms with Crippen molar-refractivity contribution in [2.75, 3.05) is 19.5 Å². The molecule has 0 fully saturated rings. The van der Waals surface area contributed by atoms with Crippen molar-refractivity contribution >= 4 is 49.8 Å². The van der Waals surface area contributed by atoms with E-state index in [1.807, 2.05) is 6.92 Å². The van der Waals surface area contributed by atoms with Crippen molar-refractivity contribution in [2.45, 2.75) is 26.4 Å². The normalized spacial score (nSPS) is 11.6. The van der Waals surface area contributed by atoms with Crippen molar-refractivity contribution in [1.29, 1.82) is 0 Å². The molecule has 194 valence electrons. The molecule has 0 saturated heterocycles. The maximum Gasteiger partial charge on any atom is 0.433 e. The van der Waals surface area contributed by atoms with E-state index >= 15 is 0 Å². The Labute approximate surface area is 221 Å². The highest BCUT2D eigenvalue weighted by Crippen LogP contribution is 2.37. The quantitative estimate of drug-likeness (QED) is 0.268. The molecular formula is C24H20BrF3N4O4S. The van der Waals surface area contributed by atoms with Crippen molar-refractivity contribution < 1.29 is 32.2 Å². The summed E-state index contributed by atoms with van der Waals surface area (Å²) in [5, 5.41) is 6.75. The van der Waals surface area contributed by atoms with Crippen molar-refractivity contribution in [1.82, 2.24) is 14.6 Å². The van der Waals surface area contributed by atoms with Crippen LogP contribution < -0.4 is 10.1 Å². The van der Waals surface area contributed by atoms with E-state index in [9.17, 15) is 22.8 Å². The molecule has 0 spiro atoms. The molecule has 0 bridgehead atoms. The number of anilines is 1. The van der Waals surface area contributed by atoms with Gasteiger partial charge in [-0.2, -0.15) is 18.3 Å². The van der Waals surface area contributed by atoms with Crippen LogP contribution in [0.1, 0.15) is 43.9 Å². The Morgan fingerprint density at radius 3 is 2.43 bits per heavy atom. The standard InChI is InChI=1S/C24H20BrF3N4O4S/c1-5-14-11(2)37-22(17(14)23(34)36-4)30-21(33)19-18(25)20-29-15(12-6-8-13(35-3)9-7-12)10-16(24(26,27)28)32(20)31-19/h6-10H,5H2,1-4H3,(H,30,33). The molecular weight excluding hydrogens is 577 g/mol. The summed E-state index contributed by atoms with van der Waals surface area (Å²) >= 11 is 4.38. The maximum atomic E-state index is 14.0. The average Bonchev–Trinajstić information content (AvgIpc) is 3.37. The van der Waals surface area contributed by atoms with Crippen LogP contribution in [0.25, 0.3) is 16.9 Å². The van der Waals surface area contributed by atoms with Crippen molar-refractivity contribution in [3.8, 4) is 17.0 Å². The summed E-state index contributed by atoms with van der Waals surface area (Å²) in [4.78, 5) is 30.7. The summed E-state index contributed by atoms with van der Waals surface area (Å²) < 4.78 is 52.5. The molecule has 3 aromatic heterocycles. The number of carbonyl (C=O) groups excluding carboxylic acids is 2. The molecule has 0 unspecified atom stereocenters. The highest BCUT2D eigenvalue weighted by Gasteiger charge is 2.37. The Kier molecular flexibility index (Phi) is 7.29. The largest absolute Gasteiger partial charge is 0.497 e. The van der Waals surface area contributed by atoms with Gasteiger partial charge in [-0.05, 0) is 65.2 Å². The lowest BCUT2D eigenvalue weighted by Gasteiger charge is -2.11. The summed E-state index contributed by atoms with van der Waals surface area (Å²) in [6.07, 6.45) is -4.27. The van der Waals surface area contributed by atoms with Crippen LogP contribution in [0.5, 0.6) is 5.75 Å². The lowest BCUT2D eigenvalue weighted by atomic mass is 10.1. The molecule has 0 saturated carbocycles. The molecule has 13 heteroatoms. The third-order valence-corrected chi connectivity index (χ3v) is 7.40. The van der Waals surface area contributed by atoms with Crippen molar-refractivity contribution in [2.24, 2.45) is 0 Å². The number of amides is 1. The monoisotopic (exact) mass is 596 g/mol. The first-order valence-corrected chi connectivity index (χ1v) is 12.4. The number of carbonyl (C=O) groups is 2. The Hall–Kier alpha value is -3.45. The zero-order chi connectivity index (χ0) is 27.1. The third-order valence-electron chi connectivity index (χ3n) is 5.60. The Bertz CT molecular complexity index is 1510. The number of aryl methyl sites for hydroxylation is 1. The Morgan fingerprint density at radius 2 is 1.86 bits per heavy atom. The summed E-state index contributed by atoms with van der Waals surface area (Å²) in [5.41, 5.74) is -0.275. The number of halogens is 4. The third kappa shape index (κ3) is 4.92. The molecule has 4 rings (SSSR count). The average molecular weight is 597 g/mol. The minimum atomic E-state index is -4.79. The van der Waals surface area contributed by atoms with Crippen LogP contribution in [0, 0.1) is 6.92 Å². The number of thiophene rings is 1. The van der Waals surface area contributed by atoms with E-state index in [1.54, 1.807) is 31.2 Å². The first-order chi connectivity index (χ1) is 17.5. The van der Waals surface area contributed by atoms with Gasteiger partial charge in [0.1, 0.15) is 10.8 Å². The number of hydrogen-bond acceptors (Lipinski definition) is 7. The lowest BCUT2D eigenvalue weighted by Crippen LogP contribution is -2.17. The van der Waals surface area contributed by atoms with Gasteiger partial charge < -0.3 is 14.8 Å². The predicted octanol–water partition coefficient (Wildman–Crippen LogP) is 6.16. The molecule has 1 amide bonds. The summed E-state index contributed by atoms with van der Waals surface area (Å²) in [5.74, 6) is -0.909. The molecule has 37 heavy (non-hydrogen) atoms. The lowest BCUT2D eigenvalue weighted by molar-refractivity contribution is -0.142. The molecule has 0 aliphatic rings. The van der Waals surface area contributed by atoms with Gasteiger partial charge in [0.05, 0.1) is 29.9 Å². The van der Waals surface area contributed by atoms with Crippen LogP contribution in [-0.2, 0) is 17.3 Å². The van der Waals surface area contributed by atoms with Gasteiger partial charge in [0, 0.05) is 10.4 Å². The fraction of sp³-hybridized carbons (Fsp3) is 0.250. The second-order valence-electron chi connectivity index (χ2n) is 7.79. The molecule has 8 nitrogen and oxygen atoms in total. The molecule has 0 atom stereocenters. The van der Waals surface area contributed by atoms with E-state index < -0.39 is 23.7 Å². The molecule has 1 aromatic carbocycles. The molecule has 3 heterocycles. The number of methoxy groups -OCH3 is 2. The zero-order valence-electron chi connectivity index (χ0n) is 20.0. The molecule has 4 aromatic rings. The van der Waals surface area contributed by atoms with Gasteiger partial charge in [0.2, 0.25) is 0 Å². The number of benzene rings is 1. The maximum absolute atomic E-state index is 14.0. The number of nitrogens with one attached hydrogen (secondary N) is 1. The second-order valence-corrected chi connectivity index (χ2v) is 9.81. The molecule has 0 aliphatic heterocycles. The van der Waals surface area contributed by atoms with Crippen molar-refractivity contribution in [3.63, 3.8) is 0 Å². The van der Waals surface area contributed by atoms with Crippen LogP contribution in [0.2, 0.25) is 0 Å². The number of nitrogens with zero attached hydrogens (tertiary/aromatic N) is 3. The molecule has 0 radical (unpaired) electrons. The predicted molar refractivity (Wildman–Crippen MR) is 135 cm³/mol. The van der Waals surface area contributed by atoms with Gasteiger partial charge in [-0.25, -0.2) is 14.3 Å². The highest BCUT2D eigenvalue weighted by molar-refractivity contribution is 9.10. The van der Waals surface area contributed by atoms with Crippen LogP contribution in [0.3, 0.4) is 0 Å². The number of esters is 1. The van der Waals surface area contributed by atoms with E-state index in [1.165, 1.54) is 25.6 Å². The molecule has 0 aliphatic carbocycles. The highest BCUT2D eigenvalue weighted by atomic mass is 79.9. The van der Waals surface area contributed by atoms with Crippen LogP contribution in [0.4, 0.5) is 18.2 Å². The summed E-state index contributed by atoms with van der Waals surface area (Å²) in [7, 11) is 2.70. The van der Waals surface area contributed by atoms with Crippen molar-refractivity contribution in [3.05, 3.63) is 62.2 Å². The fourth-order valence-electron chi connectivity index (χ4n) is 3.82. The second kappa shape index (κ2) is 10.1.